The molecule has 1 aromatic rings. The third kappa shape index (κ3) is 1.92. The van der Waals surface area contributed by atoms with Gasteiger partial charge in [0.1, 0.15) is 5.75 Å². The van der Waals surface area contributed by atoms with E-state index in [1.165, 1.54) is 0 Å². The van der Waals surface area contributed by atoms with Crippen molar-refractivity contribution in [3.63, 3.8) is 0 Å². The van der Waals surface area contributed by atoms with Crippen LogP contribution in [0.5, 0.6) is 5.75 Å². The highest BCUT2D eigenvalue weighted by Crippen LogP contribution is 2.45. The molecule has 0 radical (unpaired) electrons. The Kier molecular flexibility index (Phi) is 3.45. The molecule has 4 heteroatoms. The van der Waals surface area contributed by atoms with Crippen molar-refractivity contribution in [2.75, 3.05) is 25.1 Å². The normalized spacial score (nSPS) is 19.5. The Morgan fingerprint density at radius 3 is 2.89 bits per heavy atom. The molecule has 1 heterocycles. The number of hydrogen-bond donors (Lipinski definition) is 1. The minimum absolute atomic E-state index is 0.00593. The van der Waals surface area contributed by atoms with E-state index in [4.69, 9.17) is 4.74 Å². The van der Waals surface area contributed by atoms with Crippen molar-refractivity contribution < 1.29 is 14.6 Å². The van der Waals surface area contributed by atoms with Crippen LogP contribution in [0.2, 0.25) is 0 Å². The van der Waals surface area contributed by atoms with E-state index in [-0.39, 0.29) is 5.92 Å². The summed E-state index contributed by atoms with van der Waals surface area (Å²) in [6, 6.07) is 5.89. The molecule has 2 unspecified atom stereocenters. The molecule has 0 aliphatic carbocycles. The van der Waals surface area contributed by atoms with Crippen molar-refractivity contribution in [1.82, 2.24) is 0 Å². The van der Waals surface area contributed by atoms with E-state index < -0.39 is 11.9 Å². The molecule has 1 aromatic carbocycles. The van der Waals surface area contributed by atoms with Crippen LogP contribution in [-0.2, 0) is 4.79 Å². The van der Waals surface area contributed by atoms with Crippen LogP contribution in [0.25, 0.3) is 0 Å². The van der Waals surface area contributed by atoms with Crippen molar-refractivity contribution in [2.24, 2.45) is 5.92 Å². The molecule has 0 saturated carbocycles. The van der Waals surface area contributed by atoms with Crippen molar-refractivity contribution >= 4 is 11.7 Å². The smallest absolute Gasteiger partial charge is 0.306 e. The van der Waals surface area contributed by atoms with E-state index in [1.54, 1.807) is 14.0 Å². The van der Waals surface area contributed by atoms with E-state index in [0.717, 1.165) is 30.1 Å². The highest BCUT2D eigenvalue weighted by Gasteiger charge is 2.36. The zero-order chi connectivity index (χ0) is 13.3. The van der Waals surface area contributed by atoms with Gasteiger partial charge in [-0.15, -0.1) is 0 Å². The Hall–Kier alpha value is -1.71. The lowest BCUT2D eigenvalue weighted by Crippen LogP contribution is -2.26. The van der Waals surface area contributed by atoms with Gasteiger partial charge in [0.2, 0.25) is 0 Å². The molecule has 1 aliphatic rings. The first-order valence-electron chi connectivity index (χ1n) is 6.24. The van der Waals surface area contributed by atoms with Gasteiger partial charge in [-0.3, -0.25) is 4.79 Å². The zero-order valence-corrected chi connectivity index (χ0v) is 11.0. The fourth-order valence-corrected chi connectivity index (χ4v) is 2.67. The monoisotopic (exact) mass is 249 g/mol. The van der Waals surface area contributed by atoms with E-state index in [0.29, 0.717) is 0 Å². The quantitative estimate of drug-likeness (QED) is 0.889. The van der Waals surface area contributed by atoms with Gasteiger partial charge >= 0.3 is 5.97 Å². The molecule has 0 aromatic heterocycles. The summed E-state index contributed by atoms with van der Waals surface area (Å²) < 4.78 is 5.39. The lowest BCUT2D eigenvalue weighted by Gasteiger charge is -2.18. The highest BCUT2D eigenvalue weighted by atomic mass is 16.5. The standard InChI is InChI=1S/C14H19NO3/c1-4-15-8-10(9(2)14(16)17)13-11(15)6-5-7-12(13)18-3/h5-7,9-10H,4,8H2,1-3H3,(H,16,17). The zero-order valence-electron chi connectivity index (χ0n) is 11.0. The van der Waals surface area contributed by atoms with Crippen LogP contribution in [0.4, 0.5) is 5.69 Å². The van der Waals surface area contributed by atoms with Crippen molar-refractivity contribution in [2.45, 2.75) is 19.8 Å². The number of hydrogen-bond acceptors (Lipinski definition) is 3. The van der Waals surface area contributed by atoms with Gasteiger partial charge in [-0.05, 0) is 19.1 Å². The molecule has 0 saturated heterocycles. The number of carboxylic acids is 1. The molecule has 18 heavy (non-hydrogen) atoms. The molecule has 0 spiro atoms. The van der Waals surface area contributed by atoms with Crippen molar-refractivity contribution in [1.29, 1.82) is 0 Å². The van der Waals surface area contributed by atoms with Gasteiger partial charge in [0, 0.05) is 30.3 Å². The maximum Gasteiger partial charge on any atom is 0.306 e. The number of carboxylic acid groups (broad SMARTS) is 1. The molecule has 0 fully saturated rings. The summed E-state index contributed by atoms with van der Waals surface area (Å²) in [5, 5.41) is 9.23. The molecule has 2 atom stereocenters. The molecule has 1 aliphatic heterocycles. The average molecular weight is 249 g/mol. The molecular weight excluding hydrogens is 230 g/mol. The predicted molar refractivity (Wildman–Crippen MR) is 70.4 cm³/mol. The summed E-state index contributed by atoms with van der Waals surface area (Å²) in [5.74, 6) is -0.374. The first-order chi connectivity index (χ1) is 8.60. The van der Waals surface area contributed by atoms with Crippen LogP contribution in [0.1, 0.15) is 25.3 Å². The van der Waals surface area contributed by atoms with Gasteiger partial charge in [0.15, 0.2) is 0 Å². The fourth-order valence-electron chi connectivity index (χ4n) is 2.67. The third-order valence-electron chi connectivity index (χ3n) is 3.77. The van der Waals surface area contributed by atoms with Gasteiger partial charge < -0.3 is 14.7 Å². The number of aliphatic carboxylic acids is 1. The second-order valence-electron chi connectivity index (χ2n) is 4.67. The molecule has 1 N–H and O–H groups in total. The van der Waals surface area contributed by atoms with E-state index in [2.05, 4.69) is 11.8 Å². The number of methoxy groups -OCH3 is 1. The number of nitrogens with zero attached hydrogens (tertiary/aromatic N) is 1. The predicted octanol–water partition coefficient (Wildman–Crippen LogP) is 2.34. The van der Waals surface area contributed by atoms with Gasteiger partial charge in [-0.2, -0.15) is 0 Å². The number of likely N-dealkylation sites (N-methyl/N-ethyl adjacent to an activating group) is 1. The maximum atomic E-state index is 11.2. The van der Waals surface area contributed by atoms with Crippen LogP contribution in [0.3, 0.4) is 0 Å². The average Bonchev–Trinajstić information content (AvgIpc) is 2.76. The van der Waals surface area contributed by atoms with Crippen LogP contribution in [0, 0.1) is 5.92 Å². The summed E-state index contributed by atoms with van der Waals surface area (Å²) in [6.07, 6.45) is 0. The minimum Gasteiger partial charge on any atom is -0.496 e. The topological polar surface area (TPSA) is 49.8 Å². The number of fused-ring (bicyclic) bond motifs is 1. The van der Waals surface area contributed by atoms with Gasteiger partial charge in [-0.1, -0.05) is 13.0 Å². The van der Waals surface area contributed by atoms with Crippen LogP contribution < -0.4 is 9.64 Å². The maximum absolute atomic E-state index is 11.2. The van der Waals surface area contributed by atoms with Gasteiger partial charge in [0.05, 0.1) is 13.0 Å². The summed E-state index contributed by atoms with van der Waals surface area (Å²) in [5.41, 5.74) is 2.15. The van der Waals surface area contributed by atoms with E-state index in [1.807, 2.05) is 18.2 Å². The molecular formula is C14H19NO3. The van der Waals surface area contributed by atoms with Crippen molar-refractivity contribution in [3.8, 4) is 5.75 Å². The fraction of sp³-hybridized carbons (Fsp3) is 0.500. The molecule has 98 valence electrons. The number of carbonyl (C=O) groups is 1. The molecule has 0 bridgehead atoms. The van der Waals surface area contributed by atoms with E-state index >= 15 is 0 Å². The van der Waals surface area contributed by atoms with Crippen LogP contribution >= 0.6 is 0 Å². The Bertz CT molecular complexity index is 458. The van der Waals surface area contributed by atoms with E-state index in [9.17, 15) is 9.90 Å². The first kappa shape index (κ1) is 12.7. The van der Waals surface area contributed by atoms with Crippen LogP contribution in [0.15, 0.2) is 18.2 Å². The Morgan fingerprint density at radius 1 is 1.61 bits per heavy atom. The molecule has 0 amide bonds. The Labute approximate surface area is 107 Å². The second-order valence-corrected chi connectivity index (χ2v) is 4.67. The number of rotatable bonds is 4. The lowest BCUT2D eigenvalue weighted by atomic mass is 9.88. The number of anilines is 1. The van der Waals surface area contributed by atoms with Crippen LogP contribution in [-0.4, -0.2) is 31.3 Å². The summed E-state index contributed by atoms with van der Waals surface area (Å²) >= 11 is 0. The Morgan fingerprint density at radius 2 is 2.33 bits per heavy atom. The van der Waals surface area contributed by atoms with Gasteiger partial charge in [0.25, 0.3) is 0 Å². The van der Waals surface area contributed by atoms with Gasteiger partial charge in [-0.25, -0.2) is 0 Å². The Balaban J connectivity index is 2.48. The number of benzene rings is 1. The summed E-state index contributed by atoms with van der Waals surface area (Å²) in [4.78, 5) is 13.4. The lowest BCUT2D eigenvalue weighted by molar-refractivity contribution is -0.141. The molecule has 4 nitrogen and oxygen atoms in total. The van der Waals surface area contributed by atoms with Crippen molar-refractivity contribution in [3.05, 3.63) is 23.8 Å². The minimum atomic E-state index is -0.755. The largest absolute Gasteiger partial charge is 0.496 e. The molecule has 2 rings (SSSR count). The highest BCUT2D eigenvalue weighted by molar-refractivity contribution is 5.75. The second kappa shape index (κ2) is 4.88. The summed E-state index contributed by atoms with van der Waals surface area (Å²) in [7, 11) is 1.63. The first-order valence-corrected chi connectivity index (χ1v) is 6.24. The number of ether oxygens (including phenoxy) is 1. The third-order valence-corrected chi connectivity index (χ3v) is 3.77. The SMILES string of the molecule is CCN1CC(C(C)C(=O)O)c2c(OC)cccc21. The summed E-state index contributed by atoms with van der Waals surface area (Å²) in [6.45, 7) is 5.47.